The number of benzene rings is 2. The largest absolute Gasteiger partial charge is 0.483 e. The van der Waals surface area contributed by atoms with E-state index in [1.54, 1.807) is 6.07 Å². The normalized spacial score (nSPS) is 13.9. The van der Waals surface area contributed by atoms with Crippen LogP contribution in [0.2, 0.25) is 0 Å². The van der Waals surface area contributed by atoms with Crippen LogP contribution in [0.5, 0.6) is 11.5 Å². The zero-order valence-electron chi connectivity index (χ0n) is 16.3. The predicted octanol–water partition coefficient (Wildman–Crippen LogP) is 2.60. The number of hydrogen-bond acceptors (Lipinski definition) is 4. The lowest BCUT2D eigenvalue weighted by molar-refractivity contribution is -0.123. The summed E-state index contributed by atoms with van der Waals surface area (Å²) in [7, 11) is 0. The van der Waals surface area contributed by atoms with E-state index in [1.165, 1.54) is 0 Å². The molecule has 6 nitrogen and oxygen atoms in total. The SMILES string of the molecule is CC1(C)Cc2cccc(OCC(=O)NCCC(=O)NCc3ccccc3)c2O1. The summed E-state index contributed by atoms with van der Waals surface area (Å²) in [6, 6.07) is 15.4. The van der Waals surface area contributed by atoms with Crippen molar-refractivity contribution in [1.29, 1.82) is 0 Å². The number of carbonyl (C=O) groups excluding carboxylic acids is 2. The van der Waals surface area contributed by atoms with E-state index in [0.29, 0.717) is 18.0 Å². The Kier molecular flexibility index (Phi) is 6.19. The third-order valence-electron chi connectivity index (χ3n) is 4.42. The quantitative estimate of drug-likeness (QED) is 0.736. The smallest absolute Gasteiger partial charge is 0.257 e. The van der Waals surface area contributed by atoms with Gasteiger partial charge in [-0.2, -0.15) is 0 Å². The summed E-state index contributed by atoms with van der Waals surface area (Å²) in [6.45, 7) is 4.66. The maximum absolute atomic E-state index is 12.0. The Morgan fingerprint density at radius 1 is 1.04 bits per heavy atom. The van der Waals surface area contributed by atoms with Crippen LogP contribution in [0.3, 0.4) is 0 Å². The minimum absolute atomic E-state index is 0.110. The highest BCUT2D eigenvalue weighted by Crippen LogP contribution is 2.41. The first kappa shape index (κ1) is 19.7. The summed E-state index contributed by atoms with van der Waals surface area (Å²) < 4.78 is 11.6. The molecule has 0 radical (unpaired) electrons. The van der Waals surface area contributed by atoms with Crippen molar-refractivity contribution in [3.8, 4) is 11.5 Å². The van der Waals surface area contributed by atoms with Crippen LogP contribution in [-0.4, -0.2) is 30.6 Å². The second kappa shape index (κ2) is 8.78. The molecule has 0 aliphatic carbocycles. The van der Waals surface area contributed by atoms with Crippen LogP contribution in [0.15, 0.2) is 48.5 Å². The molecular formula is C22H26N2O4. The van der Waals surface area contributed by atoms with Crippen molar-refractivity contribution >= 4 is 11.8 Å². The monoisotopic (exact) mass is 382 g/mol. The third-order valence-corrected chi connectivity index (χ3v) is 4.42. The molecule has 0 saturated heterocycles. The van der Waals surface area contributed by atoms with Crippen LogP contribution in [0, 0.1) is 0 Å². The summed E-state index contributed by atoms with van der Waals surface area (Å²) in [6.07, 6.45) is 1.03. The van der Waals surface area contributed by atoms with E-state index in [2.05, 4.69) is 10.6 Å². The fraction of sp³-hybridized carbons (Fsp3) is 0.364. The summed E-state index contributed by atoms with van der Waals surface area (Å²) in [5.41, 5.74) is 1.85. The highest BCUT2D eigenvalue weighted by Gasteiger charge is 2.32. The Balaban J connectivity index is 1.37. The maximum atomic E-state index is 12.0. The minimum atomic E-state index is -0.272. The molecule has 28 heavy (non-hydrogen) atoms. The first-order valence-corrected chi connectivity index (χ1v) is 9.44. The van der Waals surface area contributed by atoms with Crippen LogP contribution >= 0.6 is 0 Å². The van der Waals surface area contributed by atoms with Crippen LogP contribution in [0.25, 0.3) is 0 Å². The second-order valence-corrected chi connectivity index (χ2v) is 7.43. The third kappa shape index (κ3) is 5.49. The van der Waals surface area contributed by atoms with Crippen molar-refractivity contribution < 1.29 is 19.1 Å². The van der Waals surface area contributed by atoms with Gasteiger partial charge in [-0.1, -0.05) is 42.5 Å². The van der Waals surface area contributed by atoms with Gasteiger partial charge in [0.05, 0.1) is 0 Å². The number of fused-ring (bicyclic) bond motifs is 1. The van der Waals surface area contributed by atoms with Crippen LogP contribution < -0.4 is 20.1 Å². The van der Waals surface area contributed by atoms with Gasteiger partial charge in [-0.05, 0) is 25.5 Å². The fourth-order valence-corrected chi connectivity index (χ4v) is 3.10. The molecular weight excluding hydrogens is 356 g/mol. The van der Waals surface area contributed by atoms with Gasteiger partial charge in [-0.25, -0.2) is 0 Å². The standard InChI is InChI=1S/C22H26N2O4/c1-22(2)13-17-9-6-10-18(21(17)28-22)27-15-20(26)23-12-11-19(25)24-14-16-7-4-3-5-8-16/h3-10H,11-15H2,1-2H3,(H,23,26)(H,24,25). The van der Waals surface area contributed by atoms with Gasteiger partial charge < -0.3 is 20.1 Å². The minimum Gasteiger partial charge on any atom is -0.483 e. The number of ether oxygens (including phenoxy) is 2. The van der Waals surface area contributed by atoms with Gasteiger partial charge in [0.1, 0.15) is 5.60 Å². The zero-order chi connectivity index (χ0) is 20.0. The van der Waals surface area contributed by atoms with E-state index < -0.39 is 0 Å². The average Bonchev–Trinajstić information content (AvgIpc) is 3.00. The molecule has 2 N–H and O–H groups in total. The van der Waals surface area contributed by atoms with E-state index in [1.807, 2.05) is 56.3 Å². The molecule has 3 rings (SSSR count). The molecule has 0 spiro atoms. The fourth-order valence-electron chi connectivity index (χ4n) is 3.10. The Hall–Kier alpha value is -3.02. The van der Waals surface area contributed by atoms with E-state index in [0.717, 1.165) is 17.5 Å². The van der Waals surface area contributed by atoms with E-state index in [4.69, 9.17) is 9.47 Å². The van der Waals surface area contributed by atoms with Crippen LogP contribution in [0.4, 0.5) is 0 Å². The first-order chi connectivity index (χ1) is 13.4. The Bertz CT molecular complexity index is 834. The number of hydrogen-bond donors (Lipinski definition) is 2. The van der Waals surface area contributed by atoms with Crippen molar-refractivity contribution in [2.24, 2.45) is 0 Å². The maximum Gasteiger partial charge on any atom is 0.257 e. The zero-order valence-corrected chi connectivity index (χ0v) is 16.3. The molecule has 6 heteroatoms. The number of nitrogens with one attached hydrogen (secondary N) is 2. The lowest BCUT2D eigenvalue weighted by atomic mass is 10.0. The van der Waals surface area contributed by atoms with Gasteiger partial charge in [0.2, 0.25) is 5.91 Å². The van der Waals surface area contributed by atoms with Crippen LogP contribution in [0.1, 0.15) is 31.4 Å². The average molecular weight is 382 g/mol. The Labute approximate surface area is 165 Å². The van der Waals surface area contributed by atoms with Crippen molar-refractivity contribution in [1.82, 2.24) is 10.6 Å². The molecule has 0 atom stereocenters. The second-order valence-electron chi connectivity index (χ2n) is 7.43. The van der Waals surface area contributed by atoms with E-state index >= 15 is 0 Å². The summed E-state index contributed by atoms with van der Waals surface area (Å²) in [5.74, 6) is 0.895. The molecule has 0 fully saturated rings. The topological polar surface area (TPSA) is 76.7 Å². The Morgan fingerprint density at radius 3 is 2.61 bits per heavy atom. The highest BCUT2D eigenvalue weighted by molar-refractivity contribution is 5.79. The van der Waals surface area contributed by atoms with Gasteiger partial charge in [0, 0.05) is 31.5 Å². The summed E-state index contributed by atoms with van der Waals surface area (Å²) in [5, 5.41) is 5.53. The molecule has 0 saturated carbocycles. The van der Waals surface area contributed by atoms with E-state index in [-0.39, 0.29) is 37.0 Å². The molecule has 2 aromatic rings. The molecule has 0 aromatic heterocycles. The van der Waals surface area contributed by atoms with Crippen molar-refractivity contribution in [2.45, 2.75) is 38.8 Å². The number of carbonyl (C=O) groups is 2. The van der Waals surface area contributed by atoms with Crippen molar-refractivity contribution in [3.05, 3.63) is 59.7 Å². The summed E-state index contributed by atoms with van der Waals surface area (Å²) >= 11 is 0. The van der Waals surface area contributed by atoms with Crippen molar-refractivity contribution in [3.63, 3.8) is 0 Å². The number of para-hydroxylation sites is 1. The first-order valence-electron chi connectivity index (χ1n) is 9.44. The van der Waals surface area contributed by atoms with Crippen molar-refractivity contribution in [2.75, 3.05) is 13.2 Å². The molecule has 148 valence electrons. The molecule has 2 amide bonds. The molecule has 0 bridgehead atoms. The van der Waals surface area contributed by atoms with E-state index in [9.17, 15) is 9.59 Å². The van der Waals surface area contributed by atoms with Gasteiger partial charge in [-0.15, -0.1) is 0 Å². The predicted molar refractivity (Wildman–Crippen MR) is 106 cm³/mol. The lowest BCUT2D eigenvalue weighted by Gasteiger charge is -2.18. The van der Waals surface area contributed by atoms with Gasteiger partial charge in [-0.3, -0.25) is 9.59 Å². The molecule has 2 aromatic carbocycles. The summed E-state index contributed by atoms with van der Waals surface area (Å²) in [4.78, 5) is 23.9. The van der Waals surface area contributed by atoms with Gasteiger partial charge in [0.15, 0.2) is 18.1 Å². The molecule has 0 unspecified atom stereocenters. The van der Waals surface area contributed by atoms with Gasteiger partial charge in [0.25, 0.3) is 5.91 Å². The number of rotatable bonds is 8. The Morgan fingerprint density at radius 2 is 1.82 bits per heavy atom. The lowest BCUT2D eigenvalue weighted by Crippen LogP contribution is -2.33. The molecule has 1 aliphatic rings. The van der Waals surface area contributed by atoms with Gasteiger partial charge >= 0.3 is 0 Å². The molecule has 1 aliphatic heterocycles. The number of amides is 2. The highest BCUT2D eigenvalue weighted by atomic mass is 16.5. The molecule has 1 heterocycles. The van der Waals surface area contributed by atoms with Crippen LogP contribution in [-0.2, 0) is 22.6 Å².